The fourth-order valence-electron chi connectivity index (χ4n) is 2.70. The van der Waals surface area contributed by atoms with Gasteiger partial charge < -0.3 is 10.6 Å². The Balaban J connectivity index is 2.81. The molecule has 4 nitrogen and oxygen atoms in total. The maximum Gasteiger partial charge on any atom is 0.236 e. The van der Waals surface area contributed by atoms with E-state index >= 15 is 0 Å². The number of hydrogen-bond acceptors (Lipinski definition) is 3. The number of rotatable bonds is 3. The van der Waals surface area contributed by atoms with Crippen LogP contribution in [0.5, 0.6) is 0 Å². The summed E-state index contributed by atoms with van der Waals surface area (Å²) in [6.45, 7) is 11.0. The second-order valence-electron chi connectivity index (χ2n) is 6.17. The molecule has 1 aliphatic heterocycles. The Bertz CT molecular complexity index is 272. The van der Waals surface area contributed by atoms with Gasteiger partial charge in [0.15, 0.2) is 0 Å². The van der Waals surface area contributed by atoms with Gasteiger partial charge in [0.25, 0.3) is 0 Å². The molecular formula is C13H27N3O. The summed E-state index contributed by atoms with van der Waals surface area (Å²) in [4.78, 5) is 15.8. The van der Waals surface area contributed by atoms with E-state index in [1.54, 1.807) is 4.90 Å². The van der Waals surface area contributed by atoms with Gasteiger partial charge in [-0.15, -0.1) is 0 Å². The Morgan fingerprint density at radius 2 is 1.94 bits per heavy atom. The Morgan fingerprint density at radius 3 is 2.35 bits per heavy atom. The van der Waals surface area contributed by atoms with Crippen LogP contribution in [0.4, 0.5) is 0 Å². The summed E-state index contributed by atoms with van der Waals surface area (Å²) >= 11 is 0. The number of nitrogens with two attached hydrogens (primary N) is 1. The Morgan fingerprint density at radius 1 is 1.35 bits per heavy atom. The molecule has 2 unspecified atom stereocenters. The van der Waals surface area contributed by atoms with Gasteiger partial charge in [-0.05, 0) is 11.8 Å². The van der Waals surface area contributed by atoms with Crippen LogP contribution in [-0.2, 0) is 4.79 Å². The summed E-state index contributed by atoms with van der Waals surface area (Å²) in [5, 5.41) is 0. The van der Waals surface area contributed by atoms with Gasteiger partial charge in [-0.2, -0.15) is 0 Å². The lowest BCUT2D eigenvalue weighted by Gasteiger charge is -2.46. The minimum atomic E-state index is 0.103. The van der Waals surface area contributed by atoms with E-state index in [2.05, 4.69) is 32.6 Å². The van der Waals surface area contributed by atoms with Gasteiger partial charge in [-0.1, -0.05) is 27.7 Å². The Kier molecular flexibility index (Phi) is 4.55. The van der Waals surface area contributed by atoms with Crippen LogP contribution >= 0.6 is 0 Å². The molecule has 1 rings (SSSR count). The average molecular weight is 241 g/mol. The number of piperazine rings is 1. The van der Waals surface area contributed by atoms with Crippen molar-refractivity contribution in [3.05, 3.63) is 0 Å². The largest absolute Gasteiger partial charge is 0.343 e. The van der Waals surface area contributed by atoms with Gasteiger partial charge >= 0.3 is 0 Å². The lowest BCUT2D eigenvalue weighted by atomic mass is 9.80. The van der Waals surface area contributed by atoms with Crippen molar-refractivity contribution >= 4 is 5.91 Å². The van der Waals surface area contributed by atoms with Gasteiger partial charge in [-0.3, -0.25) is 9.69 Å². The van der Waals surface area contributed by atoms with Crippen LogP contribution in [0.2, 0.25) is 0 Å². The van der Waals surface area contributed by atoms with E-state index in [-0.39, 0.29) is 23.4 Å². The smallest absolute Gasteiger partial charge is 0.236 e. The summed E-state index contributed by atoms with van der Waals surface area (Å²) in [6, 6.07) is 0.399. The highest BCUT2D eigenvalue weighted by atomic mass is 16.2. The van der Waals surface area contributed by atoms with E-state index in [0.29, 0.717) is 6.54 Å². The zero-order valence-electron chi connectivity index (χ0n) is 11.9. The van der Waals surface area contributed by atoms with Crippen molar-refractivity contribution in [2.75, 3.05) is 26.7 Å². The standard InChI is InChI=1S/C13H27N3O/c1-6-10(14)12(13(2,3)4)16-8-7-15(5)11(17)9-16/h10,12H,6-9,14H2,1-5H3. The second kappa shape index (κ2) is 5.36. The van der Waals surface area contributed by atoms with Crippen molar-refractivity contribution in [1.29, 1.82) is 0 Å². The molecule has 0 aliphatic carbocycles. The van der Waals surface area contributed by atoms with Gasteiger partial charge in [-0.25, -0.2) is 0 Å². The maximum absolute atomic E-state index is 11.8. The minimum Gasteiger partial charge on any atom is -0.343 e. The molecule has 2 atom stereocenters. The van der Waals surface area contributed by atoms with E-state index in [1.165, 1.54) is 0 Å². The zero-order chi connectivity index (χ0) is 13.2. The van der Waals surface area contributed by atoms with E-state index in [0.717, 1.165) is 19.5 Å². The van der Waals surface area contributed by atoms with Gasteiger partial charge in [0.1, 0.15) is 0 Å². The topological polar surface area (TPSA) is 49.6 Å². The molecule has 1 fully saturated rings. The monoisotopic (exact) mass is 241 g/mol. The number of hydrogen-bond donors (Lipinski definition) is 1. The fraction of sp³-hybridized carbons (Fsp3) is 0.923. The zero-order valence-corrected chi connectivity index (χ0v) is 11.9. The van der Waals surface area contributed by atoms with Crippen LogP contribution in [0.25, 0.3) is 0 Å². The third-order valence-corrected chi connectivity index (χ3v) is 3.64. The van der Waals surface area contributed by atoms with Crippen LogP contribution in [0.3, 0.4) is 0 Å². The van der Waals surface area contributed by atoms with Crippen molar-refractivity contribution in [1.82, 2.24) is 9.80 Å². The van der Waals surface area contributed by atoms with Crippen molar-refractivity contribution in [2.45, 2.75) is 46.2 Å². The van der Waals surface area contributed by atoms with Crippen LogP contribution in [0, 0.1) is 5.41 Å². The molecule has 0 spiro atoms. The Hall–Kier alpha value is -0.610. The molecular weight excluding hydrogens is 214 g/mol. The molecule has 0 aromatic heterocycles. The minimum absolute atomic E-state index is 0.103. The summed E-state index contributed by atoms with van der Waals surface area (Å²) in [6.07, 6.45) is 0.947. The first-order chi connectivity index (χ1) is 7.77. The predicted molar refractivity (Wildman–Crippen MR) is 70.7 cm³/mol. The summed E-state index contributed by atoms with van der Waals surface area (Å²) in [5.74, 6) is 0.203. The first-order valence-electron chi connectivity index (χ1n) is 6.51. The number of carbonyl (C=O) groups is 1. The highest BCUT2D eigenvalue weighted by molar-refractivity contribution is 5.78. The van der Waals surface area contributed by atoms with Crippen molar-refractivity contribution < 1.29 is 4.79 Å². The first-order valence-corrected chi connectivity index (χ1v) is 6.51. The molecule has 0 bridgehead atoms. The predicted octanol–water partition coefficient (Wildman–Crippen LogP) is 0.912. The molecule has 17 heavy (non-hydrogen) atoms. The molecule has 1 amide bonds. The SMILES string of the molecule is CCC(N)C(N1CCN(C)C(=O)C1)C(C)(C)C. The summed E-state index contributed by atoms with van der Waals surface area (Å²) < 4.78 is 0. The van der Waals surface area contributed by atoms with Gasteiger partial charge in [0.05, 0.1) is 6.54 Å². The third kappa shape index (κ3) is 3.42. The van der Waals surface area contributed by atoms with Crippen LogP contribution in [-0.4, -0.2) is 54.5 Å². The second-order valence-corrected chi connectivity index (χ2v) is 6.17. The molecule has 2 N–H and O–H groups in total. The molecule has 1 saturated heterocycles. The summed E-state index contributed by atoms with van der Waals surface area (Å²) in [5.41, 5.74) is 6.35. The number of nitrogens with zero attached hydrogens (tertiary/aromatic N) is 2. The van der Waals surface area contributed by atoms with E-state index in [4.69, 9.17) is 5.73 Å². The quantitative estimate of drug-likeness (QED) is 0.799. The maximum atomic E-state index is 11.8. The first kappa shape index (κ1) is 14.5. The number of carbonyl (C=O) groups excluding carboxylic acids is 1. The average Bonchev–Trinajstić information content (AvgIpc) is 2.21. The lowest BCUT2D eigenvalue weighted by molar-refractivity contribution is -0.136. The van der Waals surface area contributed by atoms with Crippen LogP contribution < -0.4 is 5.73 Å². The number of amides is 1. The highest BCUT2D eigenvalue weighted by Gasteiger charge is 2.37. The summed E-state index contributed by atoms with van der Waals surface area (Å²) in [7, 11) is 1.87. The molecule has 0 aromatic rings. The molecule has 0 radical (unpaired) electrons. The molecule has 100 valence electrons. The van der Waals surface area contributed by atoms with Gasteiger partial charge in [0.2, 0.25) is 5.91 Å². The van der Waals surface area contributed by atoms with E-state index in [9.17, 15) is 4.79 Å². The third-order valence-electron chi connectivity index (χ3n) is 3.64. The molecule has 1 heterocycles. The highest BCUT2D eigenvalue weighted by Crippen LogP contribution is 2.28. The number of likely N-dealkylation sites (N-methyl/N-ethyl adjacent to an activating group) is 1. The van der Waals surface area contributed by atoms with Crippen LogP contribution in [0.1, 0.15) is 34.1 Å². The lowest BCUT2D eigenvalue weighted by Crippen LogP contribution is -2.60. The van der Waals surface area contributed by atoms with Gasteiger partial charge in [0, 0.05) is 32.2 Å². The van der Waals surface area contributed by atoms with Crippen molar-refractivity contribution in [3.8, 4) is 0 Å². The van der Waals surface area contributed by atoms with E-state index < -0.39 is 0 Å². The molecule has 0 saturated carbocycles. The van der Waals surface area contributed by atoms with Crippen molar-refractivity contribution in [2.24, 2.45) is 11.1 Å². The Labute approximate surface area is 105 Å². The van der Waals surface area contributed by atoms with Crippen LogP contribution in [0.15, 0.2) is 0 Å². The fourth-order valence-corrected chi connectivity index (χ4v) is 2.70. The van der Waals surface area contributed by atoms with E-state index in [1.807, 2.05) is 7.05 Å². The molecule has 4 heteroatoms. The molecule has 0 aromatic carbocycles. The normalized spacial score (nSPS) is 22.7. The molecule has 1 aliphatic rings. The van der Waals surface area contributed by atoms with Crippen molar-refractivity contribution in [3.63, 3.8) is 0 Å².